The van der Waals surface area contributed by atoms with Crippen LogP contribution in [0.15, 0.2) is 0 Å². The van der Waals surface area contributed by atoms with Crippen LogP contribution in [0.25, 0.3) is 0 Å². The van der Waals surface area contributed by atoms with E-state index in [4.69, 9.17) is 5.73 Å². The second kappa shape index (κ2) is 6.37. The lowest BCUT2D eigenvalue weighted by Crippen LogP contribution is -2.54. The summed E-state index contributed by atoms with van der Waals surface area (Å²) in [6.07, 6.45) is 2.14. The minimum Gasteiger partial charge on any atom is -0.353 e. The van der Waals surface area contributed by atoms with Crippen LogP contribution in [-0.2, 0) is 9.59 Å². The number of likely N-dealkylation sites (tertiary alicyclic amines) is 1. The van der Waals surface area contributed by atoms with Gasteiger partial charge in [0.05, 0.1) is 6.04 Å². The van der Waals surface area contributed by atoms with Crippen LogP contribution in [0.3, 0.4) is 0 Å². The number of nitrogens with two attached hydrogens (primary N) is 1. The van der Waals surface area contributed by atoms with Gasteiger partial charge >= 0.3 is 0 Å². The maximum absolute atomic E-state index is 12.2. The van der Waals surface area contributed by atoms with Gasteiger partial charge in [0.1, 0.15) is 0 Å². The average Bonchev–Trinajstić information content (AvgIpc) is 2.36. The molecule has 1 saturated heterocycles. The normalized spacial score (nSPS) is 19.1. The van der Waals surface area contributed by atoms with Crippen molar-refractivity contribution in [3.8, 4) is 0 Å². The topological polar surface area (TPSA) is 75.4 Å². The van der Waals surface area contributed by atoms with Crippen molar-refractivity contribution in [3.05, 3.63) is 0 Å². The number of rotatable bonds is 3. The molecule has 2 amide bonds. The SMILES string of the molecule is CCC(=O)NC1CCN(C(=O)C(N)C(C)(C)C)CC1. The van der Waals surface area contributed by atoms with E-state index in [1.54, 1.807) is 0 Å². The zero-order valence-corrected chi connectivity index (χ0v) is 12.5. The van der Waals surface area contributed by atoms with Crippen molar-refractivity contribution in [2.45, 2.75) is 59.0 Å². The monoisotopic (exact) mass is 269 g/mol. The summed E-state index contributed by atoms with van der Waals surface area (Å²) in [5.74, 6) is 0.101. The van der Waals surface area contributed by atoms with Gasteiger partial charge in [0.25, 0.3) is 0 Å². The summed E-state index contributed by atoms with van der Waals surface area (Å²) in [6.45, 7) is 9.13. The fraction of sp³-hybridized carbons (Fsp3) is 0.857. The first kappa shape index (κ1) is 16.0. The molecule has 19 heavy (non-hydrogen) atoms. The smallest absolute Gasteiger partial charge is 0.240 e. The molecule has 0 aromatic rings. The first-order valence-electron chi connectivity index (χ1n) is 7.09. The molecule has 5 heteroatoms. The van der Waals surface area contributed by atoms with Crippen molar-refractivity contribution in [2.75, 3.05) is 13.1 Å². The minimum atomic E-state index is -0.464. The Morgan fingerprint density at radius 1 is 1.32 bits per heavy atom. The van der Waals surface area contributed by atoms with Crippen molar-refractivity contribution < 1.29 is 9.59 Å². The van der Waals surface area contributed by atoms with Crippen molar-refractivity contribution >= 4 is 11.8 Å². The number of carbonyl (C=O) groups is 2. The van der Waals surface area contributed by atoms with Crippen LogP contribution in [0.5, 0.6) is 0 Å². The van der Waals surface area contributed by atoms with Crippen molar-refractivity contribution in [3.63, 3.8) is 0 Å². The Morgan fingerprint density at radius 3 is 2.26 bits per heavy atom. The first-order valence-corrected chi connectivity index (χ1v) is 7.09. The van der Waals surface area contributed by atoms with Crippen LogP contribution in [0.2, 0.25) is 0 Å². The third-order valence-corrected chi connectivity index (χ3v) is 3.69. The maximum Gasteiger partial charge on any atom is 0.240 e. The highest BCUT2D eigenvalue weighted by Crippen LogP contribution is 2.21. The summed E-state index contributed by atoms with van der Waals surface area (Å²) in [6, 6.07) is -0.267. The lowest BCUT2D eigenvalue weighted by atomic mass is 9.86. The number of piperidine rings is 1. The van der Waals surface area contributed by atoms with Gasteiger partial charge in [-0.2, -0.15) is 0 Å². The van der Waals surface area contributed by atoms with Crippen molar-refractivity contribution in [1.29, 1.82) is 0 Å². The molecule has 0 aliphatic carbocycles. The molecule has 0 bridgehead atoms. The zero-order chi connectivity index (χ0) is 14.6. The van der Waals surface area contributed by atoms with E-state index in [0.29, 0.717) is 19.5 Å². The van der Waals surface area contributed by atoms with Gasteiger partial charge in [-0.05, 0) is 18.3 Å². The van der Waals surface area contributed by atoms with E-state index in [1.807, 2.05) is 32.6 Å². The number of nitrogens with zero attached hydrogens (tertiary/aromatic N) is 1. The molecule has 110 valence electrons. The lowest BCUT2D eigenvalue weighted by Gasteiger charge is -2.36. The van der Waals surface area contributed by atoms with Gasteiger partial charge in [-0.3, -0.25) is 9.59 Å². The molecule has 0 radical (unpaired) electrons. The van der Waals surface area contributed by atoms with Crippen LogP contribution >= 0.6 is 0 Å². The predicted molar refractivity (Wildman–Crippen MR) is 75.5 cm³/mol. The van der Waals surface area contributed by atoms with E-state index < -0.39 is 6.04 Å². The highest BCUT2D eigenvalue weighted by atomic mass is 16.2. The van der Waals surface area contributed by atoms with E-state index >= 15 is 0 Å². The number of carbonyl (C=O) groups excluding carboxylic acids is 2. The molecule has 1 heterocycles. The van der Waals surface area contributed by atoms with Crippen LogP contribution in [0, 0.1) is 5.41 Å². The largest absolute Gasteiger partial charge is 0.353 e. The average molecular weight is 269 g/mol. The molecule has 5 nitrogen and oxygen atoms in total. The summed E-state index contributed by atoms with van der Waals surface area (Å²) in [4.78, 5) is 25.4. The maximum atomic E-state index is 12.2. The fourth-order valence-corrected chi connectivity index (χ4v) is 2.14. The van der Waals surface area contributed by atoms with E-state index in [1.165, 1.54) is 0 Å². The van der Waals surface area contributed by atoms with Crippen LogP contribution in [0.4, 0.5) is 0 Å². The summed E-state index contributed by atoms with van der Waals surface area (Å²) in [7, 11) is 0. The Hall–Kier alpha value is -1.10. The van der Waals surface area contributed by atoms with Crippen LogP contribution < -0.4 is 11.1 Å². The third-order valence-electron chi connectivity index (χ3n) is 3.69. The van der Waals surface area contributed by atoms with Crippen molar-refractivity contribution in [2.24, 2.45) is 11.1 Å². The molecule has 1 fully saturated rings. The van der Waals surface area contributed by atoms with E-state index in [9.17, 15) is 9.59 Å². The summed E-state index contributed by atoms with van der Waals surface area (Å²) in [5, 5.41) is 2.98. The minimum absolute atomic E-state index is 0.0211. The second-order valence-corrected chi connectivity index (χ2v) is 6.36. The molecule has 3 N–H and O–H groups in total. The number of nitrogens with one attached hydrogen (secondary N) is 1. The molecule has 0 saturated carbocycles. The first-order chi connectivity index (χ1) is 8.75. The summed E-state index contributed by atoms with van der Waals surface area (Å²) < 4.78 is 0. The predicted octanol–water partition coefficient (Wildman–Crippen LogP) is 0.877. The van der Waals surface area contributed by atoms with E-state index in [-0.39, 0.29) is 23.3 Å². The molecule has 0 spiro atoms. The van der Waals surface area contributed by atoms with Gasteiger partial charge in [0.2, 0.25) is 11.8 Å². The Kier molecular flexibility index (Phi) is 5.35. The standard InChI is InChI=1S/C14H27N3O2/c1-5-11(18)16-10-6-8-17(9-7-10)13(19)12(15)14(2,3)4/h10,12H,5-9,15H2,1-4H3,(H,16,18). The number of hydrogen-bond acceptors (Lipinski definition) is 3. The van der Waals surface area contributed by atoms with E-state index in [0.717, 1.165) is 12.8 Å². The lowest BCUT2D eigenvalue weighted by molar-refractivity contribution is -0.136. The second-order valence-electron chi connectivity index (χ2n) is 6.36. The van der Waals surface area contributed by atoms with E-state index in [2.05, 4.69) is 5.32 Å². The van der Waals surface area contributed by atoms with Gasteiger partial charge in [-0.1, -0.05) is 27.7 Å². The quantitative estimate of drug-likeness (QED) is 0.798. The Morgan fingerprint density at radius 2 is 1.84 bits per heavy atom. The van der Waals surface area contributed by atoms with Gasteiger partial charge in [0, 0.05) is 25.6 Å². The Balaban J connectivity index is 2.45. The zero-order valence-electron chi connectivity index (χ0n) is 12.5. The Bertz CT molecular complexity index is 328. The molecular formula is C14H27N3O2. The van der Waals surface area contributed by atoms with Crippen LogP contribution in [-0.4, -0.2) is 41.9 Å². The van der Waals surface area contributed by atoms with Crippen LogP contribution in [0.1, 0.15) is 47.0 Å². The molecule has 1 unspecified atom stereocenters. The van der Waals surface area contributed by atoms with Gasteiger partial charge in [-0.15, -0.1) is 0 Å². The van der Waals surface area contributed by atoms with Gasteiger partial charge in [-0.25, -0.2) is 0 Å². The molecule has 1 rings (SSSR count). The summed E-state index contributed by atoms with van der Waals surface area (Å²) >= 11 is 0. The molecule has 0 aromatic carbocycles. The molecule has 0 aromatic heterocycles. The molecule has 1 aliphatic rings. The number of hydrogen-bond donors (Lipinski definition) is 2. The summed E-state index contributed by atoms with van der Waals surface area (Å²) in [5.41, 5.74) is 5.78. The van der Waals surface area contributed by atoms with Gasteiger partial charge < -0.3 is 16.0 Å². The Labute approximate surface area is 115 Å². The molecular weight excluding hydrogens is 242 g/mol. The third kappa shape index (κ3) is 4.49. The fourth-order valence-electron chi connectivity index (χ4n) is 2.14. The highest BCUT2D eigenvalue weighted by molar-refractivity contribution is 5.82. The molecule has 1 aliphatic heterocycles. The highest BCUT2D eigenvalue weighted by Gasteiger charge is 2.33. The van der Waals surface area contributed by atoms with Crippen molar-refractivity contribution in [1.82, 2.24) is 10.2 Å². The molecule has 1 atom stereocenters. The van der Waals surface area contributed by atoms with Gasteiger partial charge in [0.15, 0.2) is 0 Å². The number of amides is 2.